The Kier molecular flexibility index (Phi) is 10.5. The number of fused-ring (bicyclic) bond motifs is 3. The highest BCUT2D eigenvalue weighted by atomic mass is 33.1. The normalized spacial score (nSPS) is 15.3. The Labute approximate surface area is 256 Å². The number of terminal acetylenes is 1. The SMILES string of the molecule is C#C.COc1cccc2c1C(=O)c1c(O)c3c(c(O)c1C2=O)CC(/C(CO)=N/NC(=O)CCSSc1ccccn1)CC3. The molecular formula is C31H29N3O7S2. The number of aliphatic hydroxyl groups is 1. The van der Waals surface area contributed by atoms with Crippen LogP contribution in [-0.2, 0) is 17.6 Å². The van der Waals surface area contributed by atoms with Gasteiger partial charge in [0, 0.05) is 41.0 Å². The minimum Gasteiger partial charge on any atom is -0.507 e. The summed E-state index contributed by atoms with van der Waals surface area (Å²) < 4.78 is 5.28. The molecule has 3 aromatic rings. The number of methoxy groups -OCH3 is 1. The lowest BCUT2D eigenvalue weighted by molar-refractivity contribution is -0.120. The van der Waals surface area contributed by atoms with E-state index in [1.807, 2.05) is 18.2 Å². The summed E-state index contributed by atoms with van der Waals surface area (Å²) in [4.78, 5) is 43.4. The van der Waals surface area contributed by atoms with Crippen LogP contribution in [0.1, 0.15) is 55.8 Å². The van der Waals surface area contributed by atoms with Crippen LogP contribution in [0, 0.1) is 18.8 Å². The van der Waals surface area contributed by atoms with Crippen molar-refractivity contribution in [1.82, 2.24) is 10.4 Å². The molecular weight excluding hydrogens is 590 g/mol. The van der Waals surface area contributed by atoms with Gasteiger partial charge in [-0.15, -0.1) is 12.8 Å². The average Bonchev–Trinajstić information content (AvgIpc) is 3.04. The topological polar surface area (TPSA) is 158 Å². The number of phenols is 2. The number of phenolic OH excluding ortho intramolecular Hbond substituents is 2. The molecule has 0 saturated heterocycles. The molecule has 1 heterocycles. The number of carbonyl (C=O) groups is 3. The van der Waals surface area contributed by atoms with Crippen molar-refractivity contribution in [3.63, 3.8) is 0 Å². The molecule has 10 nitrogen and oxygen atoms in total. The first kappa shape index (κ1) is 31.6. The van der Waals surface area contributed by atoms with E-state index in [1.165, 1.54) is 34.8 Å². The molecule has 1 aromatic heterocycles. The number of pyridine rings is 1. The second kappa shape index (κ2) is 14.2. The van der Waals surface area contributed by atoms with Gasteiger partial charge >= 0.3 is 0 Å². The number of aliphatic hydroxyl groups excluding tert-OH is 1. The molecule has 4 N–H and O–H groups in total. The van der Waals surface area contributed by atoms with Crippen molar-refractivity contribution in [3.05, 3.63) is 76.0 Å². The van der Waals surface area contributed by atoms with Gasteiger partial charge in [-0.05, 0) is 48.3 Å². The van der Waals surface area contributed by atoms with Gasteiger partial charge in [0.15, 0.2) is 5.78 Å². The maximum Gasteiger partial charge on any atom is 0.240 e. The van der Waals surface area contributed by atoms with Gasteiger partial charge in [0.25, 0.3) is 0 Å². The molecule has 222 valence electrons. The third-order valence-corrected chi connectivity index (χ3v) is 9.44. The summed E-state index contributed by atoms with van der Waals surface area (Å²) in [6.07, 6.45) is 10.8. The Morgan fingerprint density at radius 2 is 1.81 bits per heavy atom. The molecule has 0 radical (unpaired) electrons. The van der Waals surface area contributed by atoms with Gasteiger partial charge in [0.1, 0.15) is 22.3 Å². The molecule has 2 aliphatic carbocycles. The van der Waals surface area contributed by atoms with E-state index in [9.17, 15) is 29.7 Å². The number of ketones is 2. The van der Waals surface area contributed by atoms with E-state index in [0.29, 0.717) is 29.0 Å². The van der Waals surface area contributed by atoms with E-state index >= 15 is 0 Å². The highest BCUT2D eigenvalue weighted by Crippen LogP contribution is 2.47. The summed E-state index contributed by atoms with van der Waals surface area (Å²) >= 11 is 0. The van der Waals surface area contributed by atoms with Gasteiger partial charge < -0.3 is 20.1 Å². The first-order valence-electron chi connectivity index (χ1n) is 13.2. The number of aromatic nitrogens is 1. The van der Waals surface area contributed by atoms with Crippen LogP contribution in [-0.4, -0.2) is 63.0 Å². The Morgan fingerprint density at radius 3 is 2.51 bits per heavy atom. The lowest BCUT2D eigenvalue weighted by Crippen LogP contribution is -2.30. The highest BCUT2D eigenvalue weighted by molar-refractivity contribution is 8.76. The van der Waals surface area contributed by atoms with Crippen LogP contribution in [0.4, 0.5) is 0 Å². The zero-order chi connectivity index (χ0) is 31.1. The van der Waals surface area contributed by atoms with Crippen molar-refractivity contribution < 1.29 is 34.4 Å². The lowest BCUT2D eigenvalue weighted by Gasteiger charge is -2.30. The van der Waals surface area contributed by atoms with E-state index in [4.69, 9.17) is 4.74 Å². The zero-order valence-electron chi connectivity index (χ0n) is 23.2. The maximum atomic E-state index is 13.4. The highest BCUT2D eigenvalue weighted by Gasteiger charge is 2.40. The van der Waals surface area contributed by atoms with Gasteiger partial charge in [-0.3, -0.25) is 14.4 Å². The summed E-state index contributed by atoms with van der Waals surface area (Å²) in [6, 6.07) is 10.2. The minimum atomic E-state index is -0.596. The molecule has 1 unspecified atom stereocenters. The number of hydrogen-bond acceptors (Lipinski definition) is 11. The van der Waals surface area contributed by atoms with Crippen LogP contribution < -0.4 is 10.2 Å². The number of nitrogens with one attached hydrogen (secondary N) is 1. The number of ether oxygens (including phenoxy) is 1. The number of hydrogen-bond donors (Lipinski definition) is 4. The predicted octanol–water partition coefficient (Wildman–Crippen LogP) is 3.93. The second-order valence-corrected chi connectivity index (χ2v) is 11.9. The van der Waals surface area contributed by atoms with Gasteiger partial charge in [-0.25, -0.2) is 10.4 Å². The van der Waals surface area contributed by atoms with E-state index in [0.717, 1.165) is 5.03 Å². The summed E-state index contributed by atoms with van der Waals surface area (Å²) in [5.41, 5.74) is 3.16. The van der Waals surface area contributed by atoms with Crippen LogP contribution in [0.5, 0.6) is 17.2 Å². The van der Waals surface area contributed by atoms with Crippen LogP contribution in [0.2, 0.25) is 0 Å². The van der Waals surface area contributed by atoms with Gasteiger partial charge in [0.2, 0.25) is 11.7 Å². The number of aromatic hydroxyl groups is 2. The van der Waals surface area contributed by atoms with Crippen LogP contribution >= 0.6 is 21.6 Å². The molecule has 2 aliphatic rings. The van der Waals surface area contributed by atoms with E-state index in [-0.39, 0.29) is 70.6 Å². The minimum absolute atomic E-state index is 0.0509. The fourth-order valence-electron chi connectivity index (χ4n) is 5.17. The molecule has 0 aliphatic heterocycles. The number of amides is 1. The molecule has 0 fully saturated rings. The third-order valence-electron chi connectivity index (χ3n) is 7.18. The molecule has 0 bridgehead atoms. The standard InChI is InChI=1S/C29H27N3O7S2.C2H2/c1-39-20-6-4-5-17-23(20)29(38)25-24(27(17)36)28(37)18-13-15(8-9-16(18)26(25)35)19(14-33)31-32-21(34)10-12-40-41-22-7-2-3-11-30-22;1-2/h2-7,11,15,33,35,37H,8-10,12-14H2,1H3,(H,32,34);1-2H/b31-19+;. The maximum absolute atomic E-state index is 13.4. The average molecular weight is 620 g/mol. The fraction of sp³-hybridized carbons (Fsp3) is 0.258. The van der Waals surface area contributed by atoms with E-state index < -0.39 is 18.2 Å². The monoisotopic (exact) mass is 619 g/mol. The Hall–Kier alpha value is -4.31. The quantitative estimate of drug-likeness (QED) is 0.0540. The summed E-state index contributed by atoms with van der Waals surface area (Å²) in [5.74, 6) is -1.82. The van der Waals surface area contributed by atoms with Gasteiger partial charge in [-0.1, -0.05) is 29.0 Å². The second-order valence-electron chi connectivity index (χ2n) is 9.50. The fourth-order valence-corrected chi connectivity index (χ4v) is 7.04. The van der Waals surface area contributed by atoms with Gasteiger partial charge in [-0.2, -0.15) is 5.10 Å². The first-order valence-corrected chi connectivity index (χ1v) is 15.5. The number of benzene rings is 2. The summed E-state index contributed by atoms with van der Waals surface area (Å²) in [5, 5.41) is 37.4. The number of nitrogens with zero attached hydrogens (tertiary/aromatic N) is 2. The molecule has 2 aromatic carbocycles. The summed E-state index contributed by atoms with van der Waals surface area (Å²) in [6.45, 7) is -0.424. The van der Waals surface area contributed by atoms with Gasteiger partial charge in [0.05, 0.1) is 36.1 Å². The Morgan fingerprint density at radius 1 is 1.07 bits per heavy atom. The lowest BCUT2D eigenvalue weighted by atomic mass is 9.74. The van der Waals surface area contributed by atoms with E-state index in [2.05, 4.69) is 28.4 Å². The molecule has 1 atom stereocenters. The van der Waals surface area contributed by atoms with Crippen molar-refractivity contribution in [2.75, 3.05) is 19.5 Å². The molecule has 0 saturated carbocycles. The smallest absolute Gasteiger partial charge is 0.240 e. The number of hydrazone groups is 1. The largest absolute Gasteiger partial charge is 0.507 e. The predicted molar refractivity (Wildman–Crippen MR) is 165 cm³/mol. The Balaban J connectivity index is 0.00000207. The molecule has 5 rings (SSSR count). The third kappa shape index (κ3) is 6.39. The first-order chi connectivity index (χ1) is 20.8. The summed E-state index contributed by atoms with van der Waals surface area (Å²) in [7, 11) is 4.35. The van der Waals surface area contributed by atoms with Crippen molar-refractivity contribution in [2.24, 2.45) is 11.0 Å². The molecule has 0 spiro atoms. The molecule has 12 heteroatoms. The van der Waals surface area contributed by atoms with E-state index in [1.54, 1.807) is 18.3 Å². The molecule has 43 heavy (non-hydrogen) atoms. The zero-order valence-corrected chi connectivity index (χ0v) is 24.8. The Bertz CT molecular complexity index is 1610. The molecule has 1 amide bonds. The van der Waals surface area contributed by atoms with Crippen molar-refractivity contribution in [1.29, 1.82) is 0 Å². The van der Waals surface area contributed by atoms with Crippen LogP contribution in [0.3, 0.4) is 0 Å². The van der Waals surface area contributed by atoms with Crippen molar-refractivity contribution in [3.8, 4) is 30.1 Å². The van der Waals surface area contributed by atoms with Crippen molar-refractivity contribution in [2.45, 2.75) is 30.7 Å². The van der Waals surface area contributed by atoms with Crippen molar-refractivity contribution >= 4 is 44.8 Å². The number of carbonyl (C=O) groups excluding carboxylic acids is 3. The number of rotatable bonds is 9. The van der Waals surface area contributed by atoms with Crippen LogP contribution in [0.25, 0.3) is 0 Å². The van der Waals surface area contributed by atoms with Crippen LogP contribution in [0.15, 0.2) is 52.7 Å².